The topological polar surface area (TPSA) is 96.2 Å². The summed E-state index contributed by atoms with van der Waals surface area (Å²) in [4.78, 5) is 37.0. The maximum absolute atomic E-state index is 14.3. The van der Waals surface area contributed by atoms with Crippen LogP contribution >= 0.6 is 22.9 Å². The lowest BCUT2D eigenvalue weighted by Crippen LogP contribution is -2.57. The molecule has 0 atom stereocenters. The van der Waals surface area contributed by atoms with Crippen molar-refractivity contribution in [2.24, 2.45) is 0 Å². The molecule has 1 aliphatic rings. The van der Waals surface area contributed by atoms with Crippen LogP contribution in [0, 0.1) is 0 Å². The first kappa shape index (κ1) is 28.8. The summed E-state index contributed by atoms with van der Waals surface area (Å²) < 4.78 is 1.60. The maximum atomic E-state index is 14.3. The zero-order valence-electron chi connectivity index (χ0n) is 24.0. The number of nitrogens with one attached hydrogen (secondary N) is 1. The van der Waals surface area contributed by atoms with E-state index in [9.17, 15) is 9.59 Å². The minimum absolute atomic E-state index is 0.0392. The summed E-state index contributed by atoms with van der Waals surface area (Å²) in [5.74, 6) is -0.396. The molecule has 9 nitrogen and oxygen atoms in total. The van der Waals surface area contributed by atoms with Crippen LogP contribution in [0.4, 0.5) is 11.4 Å². The summed E-state index contributed by atoms with van der Waals surface area (Å²) in [6, 6.07) is 22.8. The number of carbonyl (C=O) groups is 2. The van der Waals surface area contributed by atoms with E-state index in [0.29, 0.717) is 29.1 Å². The molecule has 1 N–H and O–H groups in total. The van der Waals surface area contributed by atoms with Crippen molar-refractivity contribution in [1.29, 1.82) is 0 Å². The lowest BCUT2D eigenvalue weighted by Gasteiger charge is -2.39. The molecular weight excluding hydrogens is 582 g/mol. The minimum Gasteiger partial charge on any atom is -0.378 e. The van der Waals surface area contributed by atoms with E-state index < -0.39 is 5.54 Å². The quantitative estimate of drug-likeness (QED) is 0.211. The van der Waals surface area contributed by atoms with Gasteiger partial charge in [-0.2, -0.15) is 0 Å². The number of benzene rings is 3. The maximum Gasteiger partial charge on any atom is 0.250 e. The average molecular weight is 614 g/mol. The van der Waals surface area contributed by atoms with Crippen LogP contribution in [-0.4, -0.2) is 56.3 Å². The molecule has 2 heterocycles. The molecule has 0 saturated heterocycles. The molecule has 1 fully saturated rings. The number of hydrogen-bond acceptors (Lipinski definition) is 7. The van der Waals surface area contributed by atoms with Gasteiger partial charge in [0, 0.05) is 41.4 Å². The first-order chi connectivity index (χ1) is 20.8. The standard InChI is InChI=1S/C32H32ClN7O2S/c1-38(2)25-15-13-24(14-16-25)34-31(42)32(17-5-6-18-32)39(30(41)20-40-28-8-4-3-7-26(28)36-37-40)19-29-35-27(21-43-29)22-9-11-23(33)12-10-22/h3-4,7-16,21H,5-6,17-20H2,1-2H3,(H,34,42). The second-order valence-electron chi connectivity index (χ2n) is 11.0. The highest BCUT2D eigenvalue weighted by Crippen LogP contribution is 2.39. The third-order valence-corrected chi connectivity index (χ3v) is 9.09. The van der Waals surface area contributed by atoms with Gasteiger partial charge >= 0.3 is 0 Å². The number of amides is 2. The van der Waals surface area contributed by atoms with Crippen molar-refractivity contribution in [1.82, 2.24) is 24.9 Å². The molecule has 3 aromatic carbocycles. The van der Waals surface area contributed by atoms with Crippen LogP contribution in [-0.2, 0) is 22.7 Å². The normalized spacial score (nSPS) is 14.1. The molecule has 0 aliphatic heterocycles. The summed E-state index contributed by atoms with van der Waals surface area (Å²) in [5, 5.41) is 15.0. The lowest BCUT2D eigenvalue weighted by molar-refractivity contribution is -0.147. The Labute approximate surface area is 259 Å². The molecule has 11 heteroatoms. The minimum atomic E-state index is -1.03. The van der Waals surface area contributed by atoms with Gasteiger partial charge in [-0.3, -0.25) is 9.59 Å². The second kappa shape index (κ2) is 12.1. The third kappa shape index (κ3) is 5.98. The van der Waals surface area contributed by atoms with Crippen molar-refractivity contribution in [3.8, 4) is 11.3 Å². The molecule has 2 amide bonds. The molecule has 6 rings (SSSR count). The van der Waals surface area contributed by atoms with E-state index in [1.807, 2.05) is 97.2 Å². The molecular formula is C32H32ClN7O2S. The fourth-order valence-electron chi connectivity index (χ4n) is 5.67. The Morgan fingerprint density at radius 3 is 2.44 bits per heavy atom. The number of halogens is 1. The first-order valence-electron chi connectivity index (χ1n) is 14.2. The molecule has 0 unspecified atom stereocenters. The number of anilines is 2. The Morgan fingerprint density at radius 2 is 1.72 bits per heavy atom. The van der Waals surface area contributed by atoms with Crippen molar-refractivity contribution < 1.29 is 9.59 Å². The Bertz CT molecular complexity index is 1740. The molecule has 0 radical (unpaired) electrons. The smallest absolute Gasteiger partial charge is 0.250 e. The van der Waals surface area contributed by atoms with Crippen LogP contribution < -0.4 is 10.2 Å². The van der Waals surface area contributed by atoms with Crippen LogP contribution in [0.3, 0.4) is 0 Å². The van der Waals surface area contributed by atoms with Gasteiger partial charge in [-0.1, -0.05) is 53.9 Å². The van der Waals surface area contributed by atoms with Crippen molar-refractivity contribution >= 4 is 57.2 Å². The number of aromatic nitrogens is 4. The van der Waals surface area contributed by atoms with Gasteiger partial charge in [-0.15, -0.1) is 16.4 Å². The summed E-state index contributed by atoms with van der Waals surface area (Å²) >= 11 is 7.56. The summed E-state index contributed by atoms with van der Waals surface area (Å²) in [7, 11) is 3.94. The molecule has 2 aromatic heterocycles. The van der Waals surface area contributed by atoms with Gasteiger partial charge in [0.2, 0.25) is 11.8 Å². The Balaban J connectivity index is 1.33. The monoisotopic (exact) mass is 613 g/mol. The van der Waals surface area contributed by atoms with Crippen LogP contribution in [0.5, 0.6) is 0 Å². The molecule has 1 aliphatic carbocycles. The number of para-hydroxylation sites is 1. The van der Waals surface area contributed by atoms with Gasteiger partial charge in [0.1, 0.15) is 22.6 Å². The van der Waals surface area contributed by atoms with E-state index in [2.05, 4.69) is 15.6 Å². The van der Waals surface area contributed by atoms with Crippen molar-refractivity contribution in [3.05, 3.63) is 88.2 Å². The highest BCUT2D eigenvalue weighted by atomic mass is 35.5. The van der Waals surface area contributed by atoms with Gasteiger partial charge in [-0.25, -0.2) is 9.67 Å². The van der Waals surface area contributed by atoms with Crippen molar-refractivity contribution in [2.75, 3.05) is 24.3 Å². The summed E-state index contributed by atoms with van der Waals surface area (Å²) in [6.07, 6.45) is 2.82. The summed E-state index contributed by atoms with van der Waals surface area (Å²) in [5.41, 5.74) is 3.91. The number of carbonyl (C=O) groups excluding carboxylic acids is 2. The molecule has 0 spiro atoms. The van der Waals surface area contributed by atoms with Crippen LogP contribution in [0.15, 0.2) is 78.2 Å². The number of fused-ring (bicyclic) bond motifs is 1. The van der Waals surface area contributed by atoms with Gasteiger partial charge in [0.15, 0.2) is 0 Å². The van der Waals surface area contributed by atoms with E-state index in [1.54, 1.807) is 9.58 Å². The fraction of sp³-hybridized carbons (Fsp3) is 0.281. The van der Waals surface area contributed by atoms with Gasteiger partial charge in [0.25, 0.3) is 0 Å². The molecule has 1 saturated carbocycles. The second-order valence-corrected chi connectivity index (χ2v) is 12.4. The van der Waals surface area contributed by atoms with Gasteiger partial charge in [-0.05, 0) is 61.4 Å². The van der Waals surface area contributed by atoms with E-state index >= 15 is 0 Å². The Hall–Kier alpha value is -4.28. The van der Waals surface area contributed by atoms with Crippen molar-refractivity contribution in [2.45, 2.75) is 44.3 Å². The van der Waals surface area contributed by atoms with Crippen LogP contribution in [0.1, 0.15) is 30.7 Å². The highest BCUT2D eigenvalue weighted by molar-refractivity contribution is 7.09. The Morgan fingerprint density at radius 1 is 1.00 bits per heavy atom. The first-order valence-corrected chi connectivity index (χ1v) is 15.5. The van der Waals surface area contributed by atoms with E-state index in [0.717, 1.165) is 40.3 Å². The number of hydrogen-bond donors (Lipinski definition) is 1. The van der Waals surface area contributed by atoms with Gasteiger partial charge < -0.3 is 15.1 Å². The predicted molar refractivity (Wildman–Crippen MR) is 171 cm³/mol. The lowest BCUT2D eigenvalue weighted by atomic mass is 9.93. The summed E-state index contributed by atoms with van der Waals surface area (Å²) in [6.45, 7) is 0.166. The van der Waals surface area contributed by atoms with Crippen LogP contribution in [0.25, 0.3) is 22.3 Å². The number of rotatable bonds is 9. The largest absolute Gasteiger partial charge is 0.378 e. The van der Waals surface area contributed by atoms with Gasteiger partial charge in [0.05, 0.1) is 17.8 Å². The highest BCUT2D eigenvalue weighted by Gasteiger charge is 2.48. The third-order valence-electron chi connectivity index (χ3n) is 8.00. The molecule has 43 heavy (non-hydrogen) atoms. The fourth-order valence-corrected chi connectivity index (χ4v) is 6.58. The SMILES string of the molecule is CN(C)c1ccc(NC(=O)C2(N(Cc3nc(-c4ccc(Cl)cc4)cs3)C(=O)Cn3nnc4ccccc43)CCCC2)cc1. The van der Waals surface area contributed by atoms with E-state index in [4.69, 9.17) is 16.6 Å². The van der Waals surface area contributed by atoms with E-state index in [-0.39, 0.29) is 24.9 Å². The zero-order valence-corrected chi connectivity index (χ0v) is 25.6. The number of nitrogens with zero attached hydrogens (tertiary/aromatic N) is 6. The zero-order chi connectivity index (χ0) is 30.0. The van der Waals surface area contributed by atoms with Crippen LogP contribution in [0.2, 0.25) is 5.02 Å². The average Bonchev–Trinajstić information content (AvgIpc) is 3.78. The molecule has 0 bridgehead atoms. The number of thiazole rings is 1. The van der Waals surface area contributed by atoms with E-state index in [1.165, 1.54) is 11.3 Å². The predicted octanol–water partition coefficient (Wildman–Crippen LogP) is 6.25. The molecule has 220 valence electrons. The Kier molecular flexibility index (Phi) is 8.14. The van der Waals surface area contributed by atoms with Crippen molar-refractivity contribution in [3.63, 3.8) is 0 Å². The molecule has 5 aromatic rings.